The first-order valence-electron chi connectivity index (χ1n) is 11.2. The van der Waals surface area contributed by atoms with Gasteiger partial charge in [-0.2, -0.15) is 0 Å². The van der Waals surface area contributed by atoms with Crippen LogP contribution in [-0.4, -0.2) is 30.4 Å². The van der Waals surface area contributed by atoms with E-state index in [1.165, 1.54) is 0 Å². The summed E-state index contributed by atoms with van der Waals surface area (Å²) in [5.41, 5.74) is 2.01. The summed E-state index contributed by atoms with van der Waals surface area (Å²) >= 11 is 0. The van der Waals surface area contributed by atoms with Gasteiger partial charge in [0, 0.05) is 22.8 Å². The van der Waals surface area contributed by atoms with Crippen LogP contribution in [0.1, 0.15) is 56.1 Å². The number of benzene rings is 2. The lowest BCUT2D eigenvalue weighted by molar-refractivity contribution is -0.0864. The van der Waals surface area contributed by atoms with Crippen LogP contribution >= 0.6 is 0 Å². The van der Waals surface area contributed by atoms with E-state index in [-0.39, 0.29) is 17.2 Å². The van der Waals surface area contributed by atoms with Crippen LogP contribution < -0.4 is 14.2 Å². The first kappa shape index (κ1) is 21.6. The standard InChI is InChI=1S/C26H32O5Si/c1-24(2)10-9-17-12-18-21(13-20(17)31-24)29-15-26(27)19-8-7-16(11-22(19)30-23(18)26)14-25(3,4)32(5,6)28/h7-13,23,27-28H,14-15H2,1-6H3/t23-,26+/m0/s1. The highest BCUT2D eigenvalue weighted by molar-refractivity contribution is 6.72. The molecule has 3 heterocycles. The van der Waals surface area contributed by atoms with Crippen molar-refractivity contribution in [3.8, 4) is 17.2 Å². The van der Waals surface area contributed by atoms with Gasteiger partial charge in [-0.05, 0) is 62.2 Å². The van der Waals surface area contributed by atoms with Crippen molar-refractivity contribution in [1.29, 1.82) is 0 Å². The molecule has 0 amide bonds. The fourth-order valence-corrected chi connectivity index (χ4v) is 5.27. The number of rotatable bonds is 3. The molecule has 2 aromatic carbocycles. The van der Waals surface area contributed by atoms with Crippen LogP contribution in [0.4, 0.5) is 0 Å². The van der Waals surface area contributed by atoms with Gasteiger partial charge in [-0.3, -0.25) is 0 Å². The minimum absolute atomic E-state index is 0.122. The Bertz CT molecular complexity index is 1130. The molecule has 3 aliphatic heterocycles. The van der Waals surface area contributed by atoms with E-state index in [0.717, 1.165) is 34.4 Å². The van der Waals surface area contributed by atoms with Crippen molar-refractivity contribution < 1.29 is 24.1 Å². The number of hydrogen-bond acceptors (Lipinski definition) is 5. The van der Waals surface area contributed by atoms with Gasteiger partial charge in [-0.15, -0.1) is 0 Å². The first-order valence-corrected chi connectivity index (χ1v) is 14.2. The van der Waals surface area contributed by atoms with Gasteiger partial charge in [0.25, 0.3) is 0 Å². The van der Waals surface area contributed by atoms with Gasteiger partial charge in [-0.25, -0.2) is 0 Å². The van der Waals surface area contributed by atoms with Crippen LogP contribution in [0, 0.1) is 0 Å². The Kier molecular flexibility index (Phi) is 4.46. The molecule has 3 aliphatic rings. The maximum atomic E-state index is 11.6. The highest BCUT2D eigenvalue weighted by Crippen LogP contribution is 2.55. The summed E-state index contributed by atoms with van der Waals surface area (Å²) in [5, 5.41) is 11.4. The molecule has 5 rings (SSSR count). The van der Waals surface area contributed by atoms with Crippen molar-refractivity contribution >= 4 is 14.4 Å². The van der Waals surface area contributed by atoms with Crippen LogP contribution in [0.25, 0.3) is 6.08 Å². The van der Waals surface area contributed by atoms with E-state index in [4.69, 9.17) is 14.2 Å². The quantitative estimate of drug-likeness (QED) is 0.634. The van der Waals surface area contributed by atoms with E-state index < -0.39 is 20.0 Å². The summed E-state index contributed by atoms with van der Waals surface area (Å²) in [7, 11) is -2.34. The zero-order valence-corrected chi connectivity index (χ0v) is 20.7. The molecule has 2 N–H and O–H groups in total. The van der Waals surface area contributed by atoms with Crippen molar-refractivity contribution in [3.05, 3.63) is 58.7 Å². The second kappa shape index (κ2) is 6.62. The Hall–Kier alpha value is -2.28. The minimum atomic E-state index is -2.34. The normalized spacial score (nSPS) is 24.9. The molecule has 0 saturated heterocycles. The molecule has 2 aromatic rings. The fourth-order valence-electron chi connectivity index (χ4n) is 4.64. The first-order chi connectivity index (χ1) is 14.8. The molecule has 0 fully saturated rings. The Labute approximate surface area is 190 Å². The third-order valence-electron chi connectivity index (χ3n) is 7.40. The van der Waals surface area contributed by atoms with Gasteiger partial charge in [0.05, 0.1) is 0 Å². The van der Waals surface area contributed by atoms with Crippen molar-refractivity contribution in [2.24, 2.45) is 0 Å². The third-order valence-corrected chi connectivity index (χ3v) is 10.9. The summed E-state index contributed by atoms with van der Waals surface area (Å²) in [6.45, 7) is 12.3. The zero-order chi connectivity index (χ0) is 23.1. The molecule has 0 saturated carbocycles. The topological polar surface area (TPSA) is 68.2 Å². The van der Waals surface area contributed by atoms with E-state index in [2.05, 4.69) is 19.9 Å². The predicted molar refractivity (Wildman–Crippen MR) is 127 cm³/mol. The maximum absolute atomic E-state index is 11.6. The molecule has 6 heteroatoms. The molecule has 170 valence electrons. The lowest BCUT2D eigenvalue weighted by Gasteiger charge is -2.36. The summed E-state index contributed by atoms with van der Waals surface area (Å²) in [6, 6.07) is 9.90. The average molecular weight is 453 g/mol. The van der Waals surface area contributed by atoms with Crippen molar-refractivity contribution in [2.45, 2.75) is 69.6 Å². The number of hydrogen-bond donors (Lipinski definition) is 2. The molecule has 32 heavy (non-hydrogen) atoms. The van der Waals surface area contributed by atoms with Crippen LogP contribution in [0.5, 0.6) is 17.2 Å². The molecule has 0 aromatic heterocycles. The second-order valence-corrected chi connectivity index (χ2v) is 15.6. The lowest BCUT2D eigenvalue weighted by atomic mass is 9.83. The number of ether oxygens (including phenoxy) is 3. The molecule has 0 spiro atoms. The van der Waals surface area contributed by atoms with Crippen LogP contribution in [0.2, 0.25) is 18.1 Å². The van der Waals surface area contributed by atoms with Crippen molar-refractivity contribution in [2.75, 3.05) is 6.61 Å². The molecule has 0 unspecified atom stereocenters. The van der Waals surface area contributed by atoms with E-state index in [0.29, 0.717) is 11.5 Å². The van der Waals surface area contributed by atoms with Gasteiger partial charge in [0.1, 0.15) is 29.5 Å². The van der Waals surface area contributed by atoms with Gasteiger partial charge < -0.3 is 24.1 Å². The fraction of sp³-hybridized carbons (Fsp3) is 0.462. The molecule has 0 bridgehead atoms. The van der Waals surface area contributed by atoms with E-state index in [1.807, 2.05) is 63.3 Å². The maximum Gasteiger partial charge on any atom is 0.188 e. The summed E-state index contributed by atoms with van der Waals surface area (Å²) in [6.07, 6.45) is 4.29. The number of fused-ring (bicyclic) bond motifs is 6. The Balaban J connectivity index is 1.50. The minimum Gasteiger partial charge on any atom is -0.489 e. The Morgan fingerprint density at radius 1 is 1.09 bits per heavy atom. The van der Waals surface area contributed by atoms with E-state index >= 15 is 0 Å². The zero-order valence-electron chi connectivity index (χ0n) is 19.7. The summed E-state index contributed by atoms with van der Waals surface area (Å²) in [5.74, 6) is 2.15. The predicted octanol–water partition coefficient (Wildman–Crippen LogP) is 5.10. The molecule has 5 nitrogen and oxygen atoms in total. The molecular formula is C26H32O5Si. The molecule has 2 atom stereocenters. The van der Waals surface area contributed by atoms with Crippen LogP contribution in [0.3, 0.4) is 0 Å². The Morgan fingerprint density at radius 2 is 1.84 bits per heavy atom. The van der Waals surface area contributed by atoms with Crippen molar-refractivity contribution in [1.82, 2.24) is 0 Å². The van der Waals surface area contributed by atoms with E-state index in [1.54, 1.807) is 0 Å². The lowest BCUT2D eigenvalue weighted by Crippen LogP contribution is -2.41. The number of aliphatic hydroxyl groups is 1. The van der Waals surface area contributed by atoms with Gasteiger partial charge >= 0.3 is 0 Å². The third kappa shape index (κ3) is 3.28. The molecule has 0 aliphatic carbocycles. The molecular weight excluding hydrogens is 420 g/mol. The molecule has 0 radical (unpaired) electrons. The van der Waals surface area contributed by atoms with Crippen LogP contribution in [0.15, 0.2) is 36.4 Å². The SMILES string of the molecule is CC1(C)C=Cc2cc3c(cc2O1)OC[C@@]1(O)c2ccc(CC(C)(C)[Si](C)(C)O)cc2O[C@@H]31. The summed E-state index contributed by atoms with van der Waals surface area (Å²) < 4.78 is 18.5. The average Bonchev–Trinajstić information content (AvgIpc) is 2.97. The smallest absolute Gasteiger partial charge is 0.188 e. The summed E-state index contributed by atoms with van der Waals surface area (Å²) in [4.78, 5) is 10.7. The van der Waals surface area contributed by atoms with Crippen LogP contribution in [-0.2, 0) is 12.0 Å². The highest BCUT2D eigenvalue weighted by atomic mass is 28.4. The highest BCUT2D eigenvalue weighted by Gasteiger charge is 2.53. The van der Waals surface area contributed by atoms with Gasteiger partial charge in [-0.1, -0.05) is 32.1 Å². The van der Waals surface area contributed by atoms with Gasteiger partial charge in [0.2, 0.25) is 0 Å². The van der Waals surface area contributed by atoms with Gasteiger partial charge in [0.15, 0.2) is 20.0 Å². The Morgan fingerprint density at radius 3 is 2.56 bits per heavy atom. The second-order valence-electron chi connectivity index (χ2n) is 11.1. The van der Waals surface area contributed by atoms with E-state index in [9.17, 15) is 9.90 Å². The monoisotopic (exact) mass is 452 g/mol. The largest absolute Gasteiger partial charge is 0.489 e. The van der Waals surface area contributed by atoms with Crippen molar-refractivity contribution in [3.63, 3.8) is 0 Å².